The van der Waals surface area contributed by atoms with Crippen molar-refractivity contribution in [1.29, 1.82) is 0 Å². The molecule has 0 spiro atoms. The first kappa shape index (κ1) is 18.3. The van der Waals surface area contributed by atoms with Crippen LogP contribution in [0.2, 0.25) is 10.0 Å². The fraction of sp³-hybridized carbons (Fsp3) is 0.625. The molecule has 2 aliphatic heterocycles. The molecule has 5 nitrogen and oxygen atoms in total. The van der Waals surface area contributed by atoms with Gasteiger partial charge in [0.25, 0.3) is 10.2 Å². The van der Waals surface area contributed by atoms with Gasteiger partial charge in [-0.3, -0.25) is 0 Å². The Hall–Kier alpha value is -0.530. The summed E-state index contributed by atoms with van der Waals surface area (Å²) in [6, 6.07) is 5.55. The SMILES string of the molecule is O=S(=O)(N1CCCCCC1)N1CCN(c2cccc(Cl)c2Cl)CC1. The van der Waals surface area contributed by atoms with Gasteiger partial charge in [-0.1, -0.05) is 42.1 Å². The number of rotatable bonds is 3. The zero-order valence-electron chi connectivity index (χ0n) is 13.6. The van der Waals surface area contributed by atoms with E-state index in [4.69, 9.17) is 23.2 Å². The monoisotopic (exact) mass is 391 g/mol. The summed E-state index contributed by atoms with van der Waals surface area (Å²) in [6.45, 7) is 3.47. The second-order valence-corrected chi connectivity index (χ2v) is 8.99. The van der Waals surface area contributed by atoms with Gasteiger partial charge in [0, 0.05) is 39.3 Å². The largest absolute Gasteiger partial charge is 0.368 e. The van der Waals surface area contributed by atoms with Crippen LogP contribution in [0.5, 0.6) is 0 Å². The number of nitrogens with zero attached hydrogens (tertiary/aromatic N) is 3. The molecule has 0 N–H and O–H groups in total. The van der Waals surface area contributed by atoms with Crippen molar-refractivity contribution >= 4 is 39.1 Å². The predicted molar refractivity (Wildman–Crippen MR) is 99.2 cm³/mol. The minimum Gasteiger partial charge on any atom is -0.368 e. The first-order valence-corrected chi connectivity index (χ1v) is 10.6. The molecule has 2 heterocycles. The maximum atomic E-state index is 12.8. The summed E-state index contributed by atoms with van der Waals surface area (Å²) in [5.41, 5.74) is 0.871. The molecule has 24 heavy (non-hydrogen) atoms. The normalized spacial score (nSPS) is 21.7. The minimum atomic E-state index is -3.35. The minimum absolute atomic E-state index is 0.474. The third kappa shape index (κ3) is 3.83. The molecule has 2 aliphatic rings. The van der Waals surface area contributed by atoms with E-state index in [1.54, 1.807) is 14.7 Å². The van der Waals surface area contributed by atoms with E-state index in [2.05, 4.69) is 4.90 Å². The van der Waals surface area contributed by atoms with Gasteiger partial charge in [0.1, 0.15) is 0 Å². The van der Waals surface area contributed by atoms with E-state index in [-0.39, 0.29) is 0 Å². The van der Waals surface area contributed by atoms with Crippen LogP contribution in [0.1, 0.15) is 25.7 Å². The molecule has 1 aromatic carbocycles. The smallest absolute Gasteiger partial charge is 0.282 e. The van der Waals surface area contributed by atoms with Crippen LogP contribution in [0.15, 0.2) is 18.2 Å². The van der Waals surface area contributed by atoms with Gasteiger partial charge in [0.15, 0.2) is 0 Å². The second kappa shape index (κ2) is 7.79. The van der Waals surface area contributed by atoms with Crippen molar-refractivity contribution in [3.8, 4) is 0 Å². The summed E-state index contributed by atoms with van der Waals surface area (Å²) in [5, 5.41) is 1.05. The van der Waals surface area contributed by atoms with Crippen LogP contribution in [0.3, 0.4) is 0 Å². The third-order valence-electron chi connectivity index (χ3n) is 4.73. The summed E-state index contributed by atoms with van der Waals surface area (Å²) in [6.07, 6.45) is 4.15. The summed E-state index contributed by atoms with van der Waals surface area (Å²) in [4.78, 5) is 2.10. The molecule has 0 atom stereocenters. The first-order chi connectivity index (χ1) is 11.5. The lowest BCUT2D eigenvalue weighted by atomic mass is 10.2. The highest BCUT2D eigenvalue weighted by Gasteiger charge is 2.32. The first-order valence-electron chi connectivity index (χ1n) is 8.44. The Labute approximate surface area is 154 Å². The Bertz CT molecular complexity index is 668. The van der Waals surface area contributed by atoms with Gasteiger partial charge in [0.2, 0.25) is 0 Å². The molecule has 3 rings (SSSR count). The molecular formula is C16H23Cl2N3O2S. The van der Waals surface area contributed by atoms with Gasteiger partial charge in [-0.2, -0.15) is 17.0 Å². The number of benzene rings is 1. The lowest BCUT2D eigenvalue weighted by molar-refractivity contribution is 0.327. The van der Waals surface area contributed by atoms with Crippen molar-refractivity contribution in [2.24, 2.45) is 0 Å². The van der Waals surface area contributed by atoms with Crippen molar-refractivity contribution < 1.29 is 8.42 Å². The third-order valence-corrected chi connectivity index (χ3v) is 7.57. The highest BCUT2D eigenvalue weighted by molar-refractivity contribution is 7.86. The Kier molecular flexibility index (Phi) is 5.93. The number of halogens is 2. The van der Waals surface area contributed by atoms with Crippen molar-refractivity contribution in [2.75, 3.05) is 44.2 Å². The summed E-state index contributed by atoms with van der Waals surface area (Å²) in [5.74, 6) is 0. The summed E-state index contributed by atoms with van der Waals surface area (Å²) >= 11 is 12.4. The van der Waals surface area contributed by atoms with Gasteiger partial charge >= 0.3 is 0 Å². The van der Waals surface area contributed by atoms with Gasteiger partial charge in [-0.25, -0.2) is 0 Å². The molecule has 0 saturated carbocycles. The highest BCUT2D eigenvalue weighted by atomic mass is 35.5. The maximum Gasteiger partial charge on any atom is 0.282 e. The fourth-order valence-corrected chi connectivity index (χ4v) is 5.42. The summed E-state index contributed by atoms with van der Waals surface area (Å²) in [7, 11) is -3.35. The highest BCUT2D eigenvalue weighted by Crippen LogP contribution is 2.33. The van der Waals surface area contributed by atoms with Crippen molar-refractivity contribution in [2.45, 2.75) is 25.7 Å². The zero-order valence-corrected chi connectivity index (χ0v) is 16.0. The van der Waals surface area contributed by atoms with Gasteiger partial charge in [-0.05, 0) is 25.0 Å². The molecule has 0 radical (unpaired) electrons. The van der Waals surface area contributed by atoms with Crippen LogP contribution in [0, 0.1) is 0 Å². The number of anilines is 1. The van der Waals surface area contributed by atoms with Crippen LogP contribution >= 0.6 is 23.2 Å². The molecular weight excluding hydrogens is 369 g/mol. The van der Waals surface area contributed by atoms with Crippen molar-refractivity contribution in [1.82, 2.24) is 8.61 Å². The molecule has 8 heteroatoms. The van der Waals surface area contributed by atoms with Crippen LogP contribution in [0.4, 0.5) is 5.69 Å². The van der Waals surface area contributed by atoms with Crippen LogP contribution in [-0.2, 0) is 10.2 Å². The lowest BCUT2D eigenvalue weighted by Crippen LogP contribution is -2.53. The zero-order chi connectivity index (χ0) is 17.2. The van der Waals surface area contributed by atoms with E-state index in [1.165, 1.54) is 0 Å². The van der Waals surface area contributed by atoms with E-state index < -0.39 is 10.2 Å². The van der Waals surface area contributed by atoms with E-state index in [0.29, 0.717) is 49.3 Å². The molecule has 0 aliphatic carbocycles. The molecule has 0 unspecified atom stereocenters. The lowest BCUT2D eigenvalue weighted by Gasteiger charge is -2.37. The van der Waals surface area contributed by atoms with Gasteiger partial charge in [0.05, 0.1) is 15.7 Å². The van der Waals surface area contributed by atoms with E-state index >= 15 is 0 Å². The standard InChI is InChI=1S/C16H23Cl2N3O2S/c17-14-6-5-7-15(16(14)18)19-10-12-21(13-11-19)24(22,23)20-8-3-1-2-4-9-20/h5-7H,1-4,8-13H2. The van der Waals surface area contributed by atoms with E-state index in [9.17, 15) is 8.42 Å². The molecule has 134 valence electrons. The van der Waals surface area contributed by atoms with Gasteiger partial charge in [-0.15, -0.1) is 0 Å². The Morgan fingerprint density at radius 2 is 1.38 bits per heavy atom. The molecule has 0 amide bonds. The number of hydrogen-bond acceptors (Lipinski definition) is 3. The maximum absolute atomic E-state index is 12.8. The quantitative estimate of drug-likeness (QED) is 0.793. The Morgan fingerprint density at radius 3 is 2.00 bits per heavy atom. The average Bonchev–Trinajstić information content (AvgIpc) is 2.87. The van der Waals surface area contributed by atoms with Crippen LogP contribution in [-0.4, -0.2) is 56.3 Å². The average molecular weight is 392 g/mol. The Balaban J connectivity index is 1.67. The summed E-state index contributed by atoms with van der Waals surface area (Å²) < 4.78 is 28.9. The molecule has 2 saturated heterocycles. The van der Waals surface area contributed by atoms with E-state index in [0.717, 1.165) is 31.4 Å². The van der Waals surface area contributed by atoms with Crippen molar-refractivity contribution in [3.05, 3.63) is 28.2 Å². The van der Waals surface area contributed by atoms with Gasteiger partial charge < -0.3 is 4.90 Å². The molecule has 2 fully saturated rings. The topological polar surface area (TPSA) is 43.9 Å². The van der Waals surface area contributed by atoms with Crippen molar-refractivity contribution in [3.63, 3.8) is 0 Å². The van der Waals surface area contributed by atoms with Crippen LogP contribution < -0.4 is 4.90 Å². The number of hydrogen-bond donors (Lipinski definition) is 0. The molecule has 1 aromatic rings. The molecule has 0 bridgehead atoms. The van der Waals surface area contributed by atoms with E-state index in [1.807, 2.05) is 12.1 Å². The fourth-order valence-electron chi connectivity index (χ4n) is 3.33. The molecule has 0 aromatic heterocycles. The Morgan fingerprint density at radius 1 is 0.792 bits per heavy atom. The predicted octanol–water partition coefficient (Wildman–Crippen LogP) is 3.24. The second-order valence-electron chi connectivity index (χ2n) is 6.28. The number of piperazine rings is 1. The van der Waals surface area contributed by atoms with Crippen LogP contribution in [0.25, 0.3) is 0 Å².